The topological polar surface area (TPSA) is 314 Å². The van der Waals surface area contributed by atoms with Gasteiger partial charge in [-0.25, -0.2) is 0 Å². The molecule has 9 rings (SSSR count). The number of nitrogens with two attached hydrogens (primary N) is 3. The first kappa shape index (κ1) is 58.8. The first-order chi connectivity index (χ1) is 38.6. The number of amidine groups is 3. The summed E-state index contributed by atoms with van der Waals surface area (Å²) in [4.78, 5) is 43.8. The monoisotopic (exact) mass is 1090 g/mol. The van der Waals surface area contributed by atoms with Crippen LogP contribution in [0.4, 0.5) is 0 Å². The zero-order valence-corrected chi connectivity index (χ0v) is 45.3. The minimum absolute atomic E-state index is 0.00164. The number of nitrogens with one attached hydrogen (secondary N) is 8. The molecular weight excluding hydrogens is 1010 g/mol. The summed E-state index contributed by atoms with van der Waals surface area (Å²) in [5, 5.41) is 37.9. The molecule has 0 unspecified atom stereocenters. The summed E-state index contributed by atoms with van der Waals surface area (Å²) in [5.41, 5.74) is 21.3. The van der Waals surface area contributed by atoms with Crippen molar-refractivity contribution in [3.8, 4) is 23.0 Å². The quantitative estimate of drug-likeness (QED) is 0.0359. The van der Waals surface area contributed by atoms with Crippen molar-refractivity contribution in [1.29, 1.82) is 16.2 Å². The van der Waals surface area contributed by atoms with E-state index < -0.39 is 0 Å². The van der Waals surface area contributed by atoms with E-state index in [1.54, 1.807) is 61.8 Å². The number of benzene rings is 5. The zero-order valence-electron chi connectivity index (χ0n) is 45.3. The fraction of sp³-hybridized carbons (Fsp3) is 0.317. The molecule has 14 N–H and O–H groups in total. The second kappa shape index (κ2) is 29.2. The van der Waals surface area contributed by atoms with Crippen molar-refractivity contribution in [2.75, 3.05) is 33.3 Å². The Morgan fingerprint density at radius 2 is 1.12 bits per heavy atom. The first-order valence-electron chi connectivity index (χ1n) is 26.6. The van der Waals surface area contributed by atoms with Crippen molar-refractivity contribution in [1.82, 2.24) is 36.5 Å². The molecular formula is C60H73N13O7. The largest absolute Gasteiger partial charge is 0.497 e. The summed E-state index contributed by atoms with van der Waals surface area (Å²) in [6, 6.07) is 43.8. The Morgan fingerprint density at radius 3 is 1.62 bits per heavy atom. The molecule has 3 amide bonds. The highest BCUT2D eigenvalue weighted by molar-refractivity contribution is 5.96. The van der Waals surface area contributed by atoms with E-state index in [1.807, 2.05) is 111 Å². The van der Waals surface area contributed by atoms with E-state index in [1.165, 1.54) is 0 Å². The lowest BCUT2D eigenvalue weighted by molar-refractivity contribution is -0.126. The van der Waals surface area contributed by atoms with E-state index in [0.29, 0.717) is 85.9 Å². The molecule has 6 aromatic rings. The maximum Gasteiger partial charge on any atom is 0.237 e. The Labute approximate surface area is 467 Å². The number of hydrogen-bond acceptors (Lipinski definition) is 14. The number of rotatable bonds is 20. The fourth-order valence-electron chi connectivity index (χ4n) is 9.34. The number of pyridine rings is 1. The Balaban J connectivity index is 0.000000174. The molecule has 20 heteroatoms. The van der Waals surface area contributed by atoms with Crippen molar-refractivity contribution in [2.24, 2.45) is 17.2 Å². The maximum absolute atomic E-state index is 12.8. The number of likely N-dealkylation sites (tertiary alicyclic amines) is 1. The Kier molecular flexibility index (Phi) is 21.5. The molecule has 4 heterocycles. The molecule has 3 aliphatic heterocycles. The molecule has 3 fully saturated rings. The van der Waals surface area contributed by atoms with Crippen molar-refractivity contribution < 1.29 is 33.3 Å². The molecule has 3 aliphatic rings. The smallest absolute Gasteiger partial charge is 0.237 e. The van der Waals surface area contributed by atoms with E-state index in [2.05, 4.69) is 36.5 Å². The third-order valence-electron chi connectivity index (χ3n) is 13.7. The fourth-order valence-corrected chi connectivity index (χ4v) is 9.34. The number of carbonyl (C=O) groups excluding carboxylic acids is 3. The van der Waals surface area contributed by atoms with Crippen LogP contribution in [0.25, 0.3) is 0 Å². The number of methoxy groups -OCH3 is 1. The van der Waals surface area contributed by atoms with Gasteiger partial charge in [-0.05, 0) is 85.3 Å². The van der Waals surface area contributed by atoms with Gasteiger partial charge in [-0.2, -0.15) is 0 Å². The number of nitrogens with zero attached hydrogens (tertiary/aromatic N) is 2. The molecule has 80 heavy (non-hydrogen) atoms. The summed E-state index contributed by atoms with van der Waals surface area (Å²) >= 11 is 0. The number of hydrogen-bond donors (Lipinski definition) is 11. The summed E-state index contributed by atoms with van der Waals surface area (Å²) in [5.74, 6) is 2.70. The van der Waals surface area contributed by atoms with Gasteiger partial charge in [0.1, 0.15) is 58.8 Å². The van der Waals surface area contributed by atoms with Crippen molar-refractivity contribution >= 4 is 35.2 Å². The minimum Gasteiger partial charge on any atom is -0.497 e. The third-order valence-corrected chi connectivity index (χ3v) is 13.7. The van der Waals surface area contributed by atoms with E-state index >= 15 is 0 Å². The molecule has 0 aliphatic carbocycles. The van der Waals surface area contributed by atoms with Crippen LogP contribution < -0.4 is 62.7 Å². The Hall–Kier alpha value is -8.85. The number of nitrogen functional groups attached to an aromatic ring is 3. The summed E-state index contributed by atoms with van der Waals surface area (Å²) in [6.45, 7) is 7.54. The van der Waals surface area contributed by atoms with Crippen LogP contribution in [-0.4, -0.2) is 115 Å². The van der Waals surface area contributed by atoms with Crippen LogP contribution in [0.3, 0.4) is 0 Å². The second-order valence-electron chi connectivity index (χ2n) is 19.5. The number of aromatic nitrogens is 1. The number of ether oxygens (including phenoxy) is 4. The maximum atomic E-state index is 12.8. The van der Waals surface area contributed by atoms with Gasteiger partial charge in [-0.1, -0.05) is 91.9 Å². The van der Waals surface area contributed by atoms with Crippen LogP contribution in [0, 0.1) is 16.2 Å². The summed E-state index contributed by atoms with van der Waals surface area (Å²) in [6.07, 6.45) is 3.21. The van der Waals surface area contributed by atoms with Gasteiger partial charge in [-0.3, -0.25) is 40.5 Å². The molecule has 3 saturated heterocycles. The predicted molar refractivity (Wildman–Crippen MR) is 308 cm³/mol. The van der Waals surface area contributed by atoms with Crippen LogP contribution in [0.15, 0.2) is 152 Å². The van der Waals surface area contributed by atoms with Crippen LogP contribution in [0.2, 0.25) is 0 Å². The minimum atomic E-state index is -0.287. The van der Waals surface area contributed by atoms with E-state index in [4.69, 9.17) is 52.4 Å². The van der Waals surface area contributed by atoms with Crippen molar-refractivity contribution in [3.05, 3.63) is 185 Å². The number of likely N-dealkylation sites (N-methyl/N-ethyl adjacent to an activating group) is 1. The lowest BCUT2D eigenvalue weighted by Crippen LogP contribution is -2.42. The number of carbonyl (C=O) groups is 3. The molecule has 0 saturated carbocycles. The van der Waals surface area contributed by atoms with Gasteiger partial charge in [-0.15, -0.1) is 0 Å². The van der Waals surface area contributed by atoms with Crippen LogP contribution >= 0.6 is 0 Å². The SMILES string of the molecule is CCN1C[C@H](Oc2cccc(C(=N)N)c2)C[C@H]1C(=O)NCc1ccc(OC)cc1.C[C@H](NC(=O)[C@@H]1C[C@@H](Oc2cccc(C(=N)N)c2)CN1)c1ccccc1.N=C(N)c1cccc(O[C@H]2CN[C@H](C(=O)NCc3ccccn3)C2)c1. The molecule has 5 aromatic carbocycles. The Bertz CT molecular complexity index is 3020. The van der Waals surface area contributed by atoms with E-state index in [9.17, 15) is 14.4 Å². The van der Waals surface area contributed by atoms with E-state index in [0.717, 1.165) is 29.1 Å². The Morgan fingerprint density at radius 1 is 0.613 bits per heavy atom. The standard InChI is InChI=1S/C22H28N4O3.C20H24N4O2.C18H21N5O2/c1-3-26-14-19(29-18-6-4-5-16(11-18)21(23)24)12-20(26)22(27)25-13-15-7-9-17(28-2)10-8-15;1-13(14-6-3-2-4-7-14)24-20(25)18-11-17(12-23-18)26-16-9-5-8-15(10-16)19(21)22;19-17(20)12-4-3-6-14(8-12)25-15-9-16(22-11-15)18(24)23-10-13-5-1-2-7-21-13/h4-11,19-20H,3,12-14H2,1-2H3,(H3,23,24)(H,25,27);2-10,13,17-18,23H,11-12H2,1H3,(H3,21,22)(H,24,25);1-8,15-16,22H,9-11H2,(H3,19,20)(H,23,24)/t19-,20+;13-,17+,18-;15-,16+/m101/s1. The highest BCUT2D eigenvalue weighted by Gasteiger charge is 2.37. The zero-order chi connectivity index (χ0) is 57.0. The molecule has 7 atom stereocenters. The molecule has 1 aromatic heterocycles. The normalized spacial score (nSPS) is 19.5. The number of amides is 3. The van der Waals surface area contributed by atoms with Gasteiger partial charge in [0.05, 0.1) is 43.5 Å². The average Bonchev–Trinajstić information content (AvgIpc) is 4.27. The second-order valence-corrected chi connectivity index (χ2v) is 19.5. The molecule has 0 radical (unpaired) electrons. The predicted octanol–water partition coefficient (Wildman–Crippen LogP) is 4.89. The van der Waals surface area contributed by atoms with Gasteiger partial charge in [0.2, 0.25) is 17.7 Å². The third kappa shape index (κ3) is 17.6. The van der Waals surface area contributed by atoms with Gasteiger partial charge >= 0.3 is 0 Å². The first-order valence-corrected chi connectivity index (χ1v) is 26.6. The lowest BCUT2D eigenvalue weighted by Gasteiger charge is -2.21. The lowest BCUT2D eigenvalue weighted by atomic mass is 10.1. The van der Waals surface area contributed by atoms with Crippen LogP contribution in [-0.2, 0) is 27.5 Å². The summed E-state index contributed by atoms with van der Waals surface area (Å²) in [7, 11) is 1.63. The highest BCUT2D eigenvalue weighted by Crippen LogP contribution is 2.25. The van der Waals surface area contributed by atoms with Crippen LogP contribution in [0.5, 0.6) is 23.0 Å². The van der Waals surface area contributed by atoms with Gasteiger partial charge in [0.25, 0.3) is 0 Å². The molecule has 20 nitrogen and oxygen atoms in total. The van der Waals surface area contributed by atoms with Gasteiger partial charge in [0, 0.05) is 68.3 Å². The van der Waals surface area contributed by atoms with Gasteiger partial charge in [0.15, 0.2) is 0 Å². The molecule has 420 valence electrons. The average molecular weight is 1090 g/mol. The summed E-state index contributed by atoms with van der Waals surface area (Å²) < 4.78 is 23.1. The van der Waals surface area contributed by atoms with E-state index in [-0.39, 0.29) is 77.7 Å². The van der Waals surface area contributed by atoms with Crippen LogP contribution in [0.1, 0.15) is 72.7 Å². The van der Waals surface area contributed by atoms with Crippen molar-refractivity contribution in [2.45, 2.75) is 88.7 Å². The van der Waals surface area contributed by atoms with Gasteiger partial charge < -0.3 is 62.7 Å². The highest BCUT2D eigenvalue weighted by atomic mass is 16.5. The van der Waals surface area contributed by atoms with Crippen molar-refractivity contribution in [3.63, 3.8) is 0 Å². The molecule has 0 bridgehead atoms. The molecule has 0 spiro atoms.